The maximum atomic E-state index is 15.6. The normalized spacial score (nSPS) is 17.2. The van der Waals surface area contributed by atoms with Gasteiger partial charge in [0.1, 0.15) is 60.4 Å². The van der Waals surface area contributed by atoms with Gasteiger partial charge >= 0.3 is 5.97 Å². The number of nitrogens with zero attached hydrogens (tertiary/aromatic N) is 7. The third kappa shape index (κ3) is 27.9. The molecule has 0 saturated carbocycles. The zero-order valence-electron chi connectivity index (χ0n) is 68.2. The quantitative estimate of drug-likeness (QED) is 0.0417. The summed E-state index contributed by atoms with van der Waals surface area (Å²) in [6.07, 6.45) is 1.80. The summed E-state index contributed by atoms with van der Waals surface area (Å²) >= 11 is 0. The van der Waals surface area contributed by atoms with Crippen LogP contribution in [-0.2, 0) is 91.0 Å². The van der Waals surface area contributed by atoms with Gasteiger partial charge in [-0.2, -0.15) is 0 Å². The maximum absolute atomic E-state index is 15.6. The van der Waals surface area contributed by atoms with Gasteiger partial charge in [0.05, 0.1) is 30.8 Å². The number of hydrogen-bond acceptors (Lipinski definition) is 16. The zero-order chi connectivity index (χ0) is 82.0. The van der Waals surface area contributed by atoms with E-state index in [9.17, 15) is 33.9 Å². The van der Waals surface area contributed by atoms with Crippen LogP contribution in [0.3, 0.4) is 0 Å². The van der Waals surface area contributed by atoms with Crippen LogP contribution in [0.15, 0.2) is 91.0 Å². The molecule has 2 saturated heterocycles. The van der Waals surface area contributed by atoms with Gasteiger partial charge in [-0.15, -0.1) is 0 Å². The molecule has 2 aliphatic heterocycles. The fraction of sp³-hybridized carbons (Fsp3) is 0.634. The van der Waals surface area contributed by atoms with Crippen LogP contribution < -0.4 is 27.0 Å². The van der Waals surface area contributed by atoms with Gasteiger partial charge in [-0.05, 0) is 134 Å². The lowest BCUT2D eigenvalue weighted by Gasteiger charge is -2.38. The SMILES string of the molecule is CC(C)C[C@H](NC(=O)[C@H](Cc1ccccc1)N(C)C(=O)[C@H](COC(C)(C)C)NC(=O)[C@H](Cc1ccccc1)N(C)C(=O)[C@H](C)N(C)C(=O)[C@H](CC(C)C)N(C)C(=O)[C@@H](C)N)C(=O)N(C)[C@@H](CC(C)C)C(=O)N[C@H](C(=O)N(C)[C@@H](Cc1ccccc1)C(=O)NC(CC(=O)O)C(=O)N1CCCCC1)[C@@H](C)OC1CCCCO1. The Kier molecular flexibility index (Phi) is 36.4. The number of carboxylic acids is 1. The molecule has 3 aromatic carbocycles. The predicted molar refractivity (Wildman–Crippen MR) is 418 cm³/mol. The van der Waals surface area contributed by atoms with Gasteiger partial charge < -0.3 is 80.6 Å². The molecule has 28 heteroatoms. The molecule has 2 fully saturated rings. The molecule has 610 valence electrons. The largest absolute Gasteiger partial charge is 0.481 e. The molecule has 0 spiro atoms. The number of piperidine rings is 1. The van der Waals surface area contributed by atoms with E-state index in [1.807, 2.05) is 41.5 Å². The Bertz CT molecular complexity index is 3510. The summed E-state index contributed by atoms with van der Waals surface area (Å²) in [4.78, 5) is 185. The molecule has 5 rings (SSSR count). The smallest absolute Gasteiger partial charge is 0.305 e. The van der Waals surface area contributed by atoms with E-state index < -0.39 is 168 Å². The van der Waals surface area contributed by atoms with E-state index in [0.29, 0.717) is 55.6 Å². The summed E-state index contributed by atoms with van der Waals surface area (Å²) < 4.78 is 18.6. The topological polar surface area (TPSA) is 350 Å². The highest BCUT2D eigenvalue weighted by atomic mass is 16.7. The van der Waals surface area contributed by atoms with Gasteiger partial charge in [0, 0.05) is 81.2 Å². The Labute approximate surface area is 651 Å². The van der Waals surface area contributed by atoms with Crippen molar-refractivity contribution in [3.8, 4) is 0 Å². The number of carboxylic acid groups (broad SMARTS) is 1. The molecule has 2 heterocycles. The van der Waals surface area contributed by atoms with Crippen LogP contribution in [-0.4, -0.2) is 263 Å². The van der Waals surface area contributed by atoms with Gasteiger partial charge in [-0.1, -0.05) is 133 Å². The van der Waals surface area contributed by atoms with Crippen LogP contribution in [0.1, 0.15) is 164 Å². The number of likely N-dealkylation sites (N-methyl/N-ethyl adjacent to an activating group) is 6. The number of benzene rings is 3. The van der Waals surface area contributed by atoms with E-state index >= 15 is 28.8 Å². The number of aliphatic carboxylic acids is 1. The molecule has 0 bridgehead atoms. The minimum absolute atomic E-state index is 0.0333. The lowest BCUT2D eigenvalue weighted by Crippen LogP contribution is -2.63. The lowest BCUT2D eigenvalue weighted by molar-refractivity contribution is -0.193. The molecular formula is C82H126N12O16. The minimum atomic E-state index is -1.56. The second-order valence-electron chi connectivity index (χ2n) is 31.9. The predicted octanol–water partition coefficient (Wildman–Crippen LogP) is 5.36. The number of hydrogen-bond donors (Lipinski definition) is 6. The molecule has 110 heavy (non-hydrogen) atoms. The third-order valence-electron chi connectivity index (χ3n) is 20.3. The van der Waals surface area contributed by atoms with Gasteiger partial charge in [0.25, 0.3) is 0 Å². The molecule has 0 aromatic heterocycles. The van der Waals surface area contributed by atoms with Crippen molar-refractivity contribution in [2.24, 2.45) is 23.5 Å². The highest BCUT2D eigenvalue weighted by Gasteiger charge is 2.44. The van der Waals surface area contributed by atoms with Crippen LogP contribution >= 0.6 is 0 Å². The van der Waals surface area contributed by atoms with Gasteiger partial charge in [-0.25, -0.2) is 0 Å². The van der Waals surface area contributed by atoms with Gasteiger partial charge in [-0.3, -0.25) is 57.5 Å². The molecule has 7 N–H and O–H groups in total. The highest BCUT2D eigenvalue weighted by Crippen LogP contribution is 2.25. The lowest BCUT2D eigenvalue weighted by atomic mass is 9.97. The Morgan fingerprint density at radius 3 is 1.33 bits per heavy atom. The Hall–Kier alpha value is -8.86. The van der Waals surface area contributed by atoms with Crippen LogP contribution in [0, 0.1) is 17.8 Å². The van der Waals surface area contributed by atoms with Gasteiger partial charge in [0.2, 0.25) is 65.0 Å². The standard InChI is InChI=1S/C82H126N12O16/c1-51(2)43-60(77(103)90(15)63(44-52(3)4)74(100)87-70(56(9)110-69-39-29-32-42-108-69)81(107)92(17)66(48-59-37-27-21-28-38-59)72(98)85-61(49-68(95)96)79(105)94-40-30-22-31-41-94)84-71(97)65(47-58-35-25-20-26-36-58)91(16)78(104)62(50-109-82(10,11)12)86-73(99)64(46-57-33-23-19-24-34-57)89(14)76(102)55(8)88(13)80(106)67(45-53(5)6)93(18)75(101)54(7)83/h19-21,23-28,33-38,51-56,60-67,69-70H,22,29-32,39-50,83H2,1-18H3,(H,84,97)(H,85,98)(H,86,99)(H,87,100)(H,95,96)/t54-,55+,56-,60+,61?,62+,63+,64+,65+,66+,67+,69?,70+/m1/s1. The van der Waals surface area contributed by atoms with E-state index in [4.69, 9.17) is 19.9 Å². The summed E-state index contributed by atoms with van der Waals surface area (Å²) in [6, 6.07) is 12.3. The average Bonchev–Trinajstić information content (AvgIpc) is 0.815. The summed E-state index contributed by atoms with van der Waals surface area (Å²) in [5.41, 5.74) is 7.00. The molecule has 3 aromatic rings. The van der Waals surface area contributed by atoms with Crippen molar-refractivity contribution >= 4 is 70.9 Å². The van der Waals surface area contributed by atoms with Crippen molar-refractivity contribution < 1.29 is 76.9 Å². The van der Waals surface area contributed by atoms with Crippen molar-refractivity contribution in [2.75, 3.05) is 68.6 Å². The first-order valence-electron chi connectivity index (χ1n) is 38.8. The van der Waals surface area contributed by atoms with E-state index in [0.717, 1.165) is 24.2 Å². The number of ether oxygens (including phenoxy) is 3. The van der Waals surface area contributed by atoms with Crippen LogP contribution in [0.5, 0.6) is 0 Å². The molecule has 28 nitrogen and oxygen atoms in total. The zero-order valence-corrected chi connectivity index (χ0v) is 68.2. The summed E-state index contributed by atoms with van der Waals surface area (Å²) in [5.74, 6) is -9.43. The third-order valence-corrected chi connectivity index (χ3v) is 20.3. The second-order valence-corrected chi connectivity index (χ2v) is 31.9. The van der Waals surface area contributed by atoms with Crippen molar-refractivity contribution in [1.82, 2.24) is 55.6 Å². The number of nitrogens with one attached hydrogen (secondary N) is 4. The van der Waals surface area contributed by atoms with E-state index in [2.05, 4.69) is 21.3 Å². The van der Waals surface area contributed by atoms with Crippen molar-refractivity contribution in [3.63, 3.8) is 0 Å². The summed E-state index contributed by atoms with van der Waals surface area (Å²) in [7, 11) is 8.60. The van der Waals surface area contributed by atoms with Crippen LogP contribution in [0.25, 0.3) is 0 Å². The molecular weight excluding hydrogens is 1410 g/mol. The molecule has 11 amide bonds. The monoisotopic (exact) mass is 1530 g/mol. The fourth-order valence-corrected chi connectivity index (χ4v) is 13.7. The molecule has 2 aliphatic rings. The van der Waals surface area contributed by atoms with Crippen molar-refractivity contribution in [1.29, 1.82) is 0 Å². The number of amides is 11. The first-order valence-corrected chi connectivity index (χ1v) is 38.8. The highest BCUT2D eigenvalue weighted by molar-refractivity contribution is 6.00. The first-order chi connectivity index (χ1) is 51.7. The van der Waals surface area contributed by atoms with E-state index in [-0.39, 0.29) is 56.3 Å². The molecule has 0 radical (unpaired) electrons. The molecule has 2 unspecified atom stereocenters. The number of nitrogens with two attached hydrogens (primary N) is 1. The number of carbonyl (C=O) groups excluding carboxylic acids is 11. The Balaban J connectivity index is 1.51. The van der Waals surface area contributed by atoms with E-state index in [1.165, 1.54) is 85.5 Å². The number of rotatable bonds is 40. The fourth-order valence-electron chi connectivity index (χ4n) is 13.7. The summed E-state index contributed by atoms with van der Waals surface area (Å²) in [6.45, 7) is 21.9. The van der Waals surface area contributed by atoms with Crippen molar-refractivity contribution in [3.05, 3.63) is 108 Å². The summed E-state index contributed by atoms with van der Waals surface area (Å²) in [5, 5.41) is 21.5. The number of likely N-dealkylation sites (tertiary alicyclic amines) is 1. The van der Waals surface area contributed by atoms with E-state index in [1.54, 1.807) is 119 Å². The van der Waals surface area contributed by atoms with Crippen molar-refractivity contribution in [2.45, 2.75) is 251 Å². The Morgan fingerprint density at radius 2 is 0.891 bits per heavy atom. The maximum Gasteiger partial charge on any atom is 0.305 e. The average molecular weight is 1540 g/mol. The number of carbonyl (C=O) groups is 12. The second kappa shape index (κ2) is 43.7. The molecule has 13 atom stereocenters. The minimum Gasteiger partial charge on any atom is -0.481 e. The molecule has 0 aliphatic carbocycles. The Morgan fingerprint density at radius 1 is 0.482 bits per heavy atom. The van der Waals surface area contributed by atoms with Crippen LogP contribution in [0.4, 0.5) is 0 Å². The first kappa shape index (κ1) is 91.7. The van der Waals surface area contributed by atoms with Gasteiger partial charge in [0.15, 0.2) is 6.29 Å². The van der Waals surface area contributed by atoms with Crippen LogP contribution in [0.2, 0.25) is 0 Å².